The molecule has 1 aliphatic heterocycles. The van der Waals surface area contributed by atoms with E-state index < -0.39 is 0 Å². The van der Waals surface area contributed by atoms with E-state index in [9.17, 15) is 0 Å². The van der Waals surface area contributed by atoms with Gasteiger partial charge < -0.3 is 10.1 Å². The fourth-order valence-corrected chi connectivity index (χ4v) is 1.67. The Morgan fingerprint density at radius 3 is 2.93 bits per heavy atom. The lowest BCUT2D eigenvalue weighted by Gasteiger charge is -2.09. The number of halogens is 1. The van der Waals surface area contributed by atoms with E-state index in [1.165, 1.54) is 5.56 Å². The van der Waals surface area contributed by atoms with Gasteiger partial charge in [-0.25, -0.2) is 0 Å². The molecule has 0 spiro atoms. The van der Waals surface area contributed by atoms with Gasteiger partial charge in [0.1, 0.15) is 11.9 Å². The number of likely N-dealkylation sites (N-methyl/N-ethyl adjacent to an activating group) is 1. The summed E-state index contributed by atoms with van der Waals surface area (Å²) in [5.74, 6) is 1.06. The van der Waals surface area contributed by atoms with Crippen LogP contribution in [-0.4, -0.2) is 19.2 Å². The smallest absolute Gasteiger partial charge is 0.123 e. The fourth-order valence-electron chi connectivity index (χ4n) is 1.67. The molecule has 1 aliphatic rings. The van der Waals surface area contributed by atoms with Gasteiger partial charge in [0.05, 0.1) is 0 Å². The highest BCUT2D eigenvalue weighted by molar-refractivity contribution is 5.85. The molecule has 1 aromatic rings. The van der Waals surface area contributed by atoms with Crippen molar-refractivity contribution in [3.05, 3.63) is 29.8 Å². The lowest BCUT2D eigenvalue weighted by atomic mass is 10.1. The molecule has 1 atom stereocenters. The summed E-state index contributed by atoms with van der Waals surface area (Å²) < 4.78 is 5.75. The highest BCUT2D eigenvalue weighted by Crippen LogP contribution is 2.27. The van der Waals surface area contributed by atoms with Crippen molar-refractivity contribution in [1.29, 1.82) is 0 Å². The summed E-state index contributed by atoms with van der Waals surface area (Å²) in [6, 6.07) is 8.27. The molecule has 0 aliphatic carbocycles. The Bertz CT molecular complexity index is 265. The highest BCUT2D eigenvalue weighted by Gasteiger charge is 2.21. The van der Waals surface area contributed by atoms with Crippen molar-refractivity contribution in [1.82, 2.24) is 5.32 Å². The third-order valence-corrected chi connectivity index (χ3v) is 2.34. The Morgan fingerprint density at radius 1 is 1.43 bits per heavy atom. The maximum absolute atomic E-state index is 5.75. The first-order chi connectivity index (χ1) is 6.40. The van der Waals surface area contributed by atoms with E-state index >= 15 is 0 Å². The van der Waals surface area contributed by atoms with Gasteiger partial charge in [0.25, 0.3) is 0 Å². The molecule has 0 fully saturated rings. The van der Waals surface area contributed by atoms with E-state index in [2.05, 4.69) is 24.4 Å². The van der Waals surface area contributed by atoms with Crippen LogP contribution in [0.2, 0.25) is 0 Å². The quantitative estimate of drug-likeness (QED) is 0.830. The molecular weight excluding hydrogens is 198 g/mol. The second kappa shape index (κ2) is 5.23. The molecule has 0 amide bonds. The summed E-state index contributed by atoms with van der Waals surface area (Å²) in [4.78, 5) is 0. The van der Waals surface area contributed by atoms with Crippen LogP contribution in [0.1, 0.15) is 12.5 Å². The zero-order chi connectivity index (χ0) is 9.10. The second-order valence-corrected chi connectivity index (χ2v) is 3.36. The van der Waals surface area contributed by atoms with E-state index in [0.717, 1.165) is 25.3 Å². The van der Waals surface area contributed by atoms with Crippen molar-refractivity contribution in [3.63, 3.8) is 0 Å². The highest BCUT2D eigenvalue weighted by atomic mass is 35.5. The molecule has 1 unspecified atom stereocenters. The molecule has 0 bridgehead atoms. The second-order valence-electron chi connectivity index (χ2n) is 3.36. The van der Waals surface area contributed by atoms with E-state index in [1.807, 2.05) is 12.1 Å². The predicted molar refractivity (Wildman–Crippen MR) is 60.4 cm³/mol. The van der Waals surface area contributed by atoms with Crippen molar-refractivity contribution >= 4 is 12.4 Å². The average Bonchev–Trinajstić information content (AvgIpc) is 2.57. The minimum atomic E-state index is 0. The van der Waals surface area contributed by atoms with Crippen molar-refractivity contribution in [3.8, 4) is 5.75 Å². The molecule has 0 radical (unpaired) electrons. The molecule has 1 aromatic carbocycles. The SMILES string of the molecule is CCNCC1Cc2ccccc2O1.Cl. The average molecular weight is 214 g/mol. The topological polar surface area (TPSA) is 21.3 Å². The normalized spacial score (nSPS) is 18.2. The summed E-state index contributed by atoms with van der Waals surface area (Å²) in [5.41, 5.74) is 1.34. The van der Waals surface area contributed by atoms with Gasteiger partial charge in [-0.1, -0.05) is 25.1 Å². The van der Waals surface area contributed by atoms with Gasteiger partial charge >= 0.3 is 0 Å². The molecule has 2 rings (SSSR count). The maximum atomic E-state index is 5.75. The zero-order valence-corrected chi connectivity index (χ0v) is 9.14. The molecular formula is C11H16ClNO. The summed E-state index contributed by atoms with van der Waals surface area (Å²) >= 11 is 0. The standard InChI is InChI=1S/C11H15NO.ClH/c1-2-12-8-10-7-9-5-3-4-6-11(9)13-10;/h3-6,10,12H,2,7-8H2,1H3;1H. The van der Waals surface area contributed by atoms with Crippen LogP contribution in [0.3, 0.4) is 0 Å². The van der Waals surface area contributed by atoms with Crippen LogP contribution in [0.15, 0.2) is 24.3 Å². The number of nitrogens with one attached hydrogen (secondary N) is 1. The van der Waals surface area contributed by atoms with Crippen LogP contribution in [0.5, 0.6) is 5.75 Å². The van der Waals surface area contributed by atoms with E-state index in [1.54, 1.807) is 0 Å². The predicted octanol–water partition coefficient (Wildman–Crippen LogP) is 2.02. The number of ether oxygens (including phenoxy) is 1. The Hall–Kier alpha value is -0.730. The van der Waals surface area contributed by atoms with Gasteiger partial charge in [-0.3, -0.25) is 0 Å². The summed E-state index contributed by atoms with van der Waals surface area (Å²) in [6.07, 6.45) is 1.38. The Balaban J connectivity index is 0.000000980. The maximum Gasteiger partial charge on any atom is 0.123 e. The molecule has 0 aromatic heterocycles. The lowest BCUT2D eigenvalue weighted by Crippen LogP contribution is -2.29. The van der Waals surface area contributed by atoms with Crippen LogP contribution < -0.4 is 10.1 Å². The monoisotopic (exact) mass is 213 g/mol. The number of para-hydroxylation sites is 1. The van der Waals surface area contributed by atoms with Crippen molar-refractivity contribution in [2.24, 2.45) is 0 Å². The fraction of sp³-hybridized carbons (Fsp3) is 0.455. The number of fused-ring (bicyclic) bond motifs is 1. The van der Waals surface area contributed by atoms with E-state index in [4.69, 9.17) is 4.74 Å². The van der Waals surface area contributed by atoms with Crippen molar-refractivity contribution < 1.29 is 4.74 Å². The van der Waals surface area contributed by atoms with Crippen LogP contribution >= 0.6 is 12.4 Å². The van der Waals surface area contributed by atoms with E-state index in [-0.39, 0.29) is 12.4 Å². The van der Waals surface area contributed by atoms with Crippen LogP contribution in [0.4, 0.5) is 0 Å². The first-order valence-corrected chi connectivity index (χ1v) is 4.85. The molecule has 2 nitrogen and oxygen atoms in total. The molecule has 1 heterocycles. The largest absolute Gasteiger partial charge is 0.488 e. The van der Waals surface area contributed by atoms with Gasteiger partial charge in [0, 0.05) is 13.0 Å². The zero-order valence-electron chi connectivity index (χ0n) is 8.32. The Kier molecular flexibility index (Phi) is 4.23. The van der Waals surface area contributed by atoms with Gasteiger partial charge in [-0.05, 0) is 18.2 Å². The number of hydrogen-bond donors (Lipinski definition) is 1. The molecule has 1 N–H and O–H groups in total. The third-order valence-electron chi connectivity index (χ3n) is 2.34. The number of hydrogen-bond acceptors (Lipinski definition) is 2. The summed E-state index contributed by atoms with van der Waals surface area (Å²) in [6.45, 7) is 4.07. The van der Waals surface area contributed by atoms with Crippen LogP contribution in [0, 0.1) is 0 Å². The molecule has 78 valence electrons. The van der Waals surface area contributed by atoms with Gasteiger partial charge in [0.2, 0.25) is 0 Å². The summed E-state index contributed by atoms with van der Waals surface area (Å²) in [5, 5.41) is 3.30. The van der Waals surface area contributed by atoms with Gasteiger partial charge in [-0.15, -0.1) is 12.4 Å². The van der Waals surface area contributed by atoms with E-state index in [0.29, 0.717) is 6.10 Å². The number of benzene rings is 1. The first-order valence-electron chi connectivity index (χ1n) is 4.85. The van der Waals surface area contributed by atoms with Crippen LogP contribution in [0.25, 0.3) is 0 Å². The summed E-state index contributed by atoms with van der Waals surface area (Å²) in [7, 11) is 0. The van der Waals surface area contributed by atoms with Crippen LogP contribution in [-0.2, 0) is 6.42 Å². The van der Waals surface area contributed by atoms with Gasteiger partial charge in [-0.2, -0.15) is 0 Å². The molecule has 14 heavy (non-hydrogen) atoms. The third kappa shape index (κ3) is 2.40. The van der Waals surface area contributed by atoms with Crippen molar-refractivity contribution in [2.75, 3.05) is 13.1 Å². The van der Waals surface area contributed by atoms with Crippen molar-refractivity contribution in [2.45, 2.75) is 19.4 Å². The van der Waals surface area contributed by atoms with Gasteiger partial charge in [0.15, 0.2) is 0 Å². The Morgan fingerprint density at radius 2 is 2.21 bits per heavy atom. The minimum absolute atomic E-state index is 0. The minimum Gasteiger partial charge on any atom is -0.488 e. The lowest BCUT2D eigenvalue weighted by molar-refractivity contribution is 0.229. The number of rotatable bonds is 3. The first kappa shape index (κ1) is 11.3. The molecule has 0 saturated carbocycles. The molecule has 0 saturated heterocycles. The molecule has 3 heteroatoms. The Labute approximate surface area is 91.1 Å².